The largest absolute Gasteiger partial charge is 0.378 e. The first-order valence-electron chi connectivity index (χ1n) is 6.65. The smallest absolute Gasteiger partial charge is 0.161 e. The monoisotopic (exact) mass is 415 g/mol. The van der Waals surface area contributed by atoms with Crippen LogP contribution in [-0.4, -0.2) is 30.7 Å². The van der Waals surface area contributed by atoms with E-state index in [1.165, 1.54) is 11.3 Å². The standard InChI is InChI=1S/C15H15ClIN3O/c1-20-6-5-9-7-10(3-4-12(9)20)15-18-11(8-21-2)13(17)14(16)19-15/h3-4,7H,5-6,8H2,1-2H3. The van der Waals surface area contributed by atoms with Crippen molar-refractivity contribution in [2.45, 2.75) is 13.0 Å². The van der Waals surface area contributed by atoms with E-state index in [9.17, 15) is 0 Å². The molecule has 3 rings (SSSR count). The van der Waals surface area contributed by atoms with Crippen molar-refractivity contribution in [1.82, 2.24) is 9.97 Å². The van der Waals surface area contributed by atoms with Crippen LogP contribution >= 0.6 is 34.2 Å². The summed E-state index contributed by atoms with van der Waals surface area (Å²) >= 11 is 8.38. The first-order chi connectivity index (χ1) is 10.1. The molecule has 1 aliphatic rings. The maximum Gasteiger partial charge on any atom is 0.161 e. The predicted molar refractivity (Wildman–Crippen MR) is 92.9 cm³/mol. The molecule has 6 heteroatoms. The minimum Gasteiger partial charge on any atom is -0.378 e. The number of fused-ring (bicyclic) bond motifs is 1. The SMILES string of the molecule is COCc1nc(-c2ccc3c(c2)CCN3C)nc(Cl)c1I. The summed E-state index contributed by atoms with van der Waals surface area (Å²) in [6.07, 6.45) is 1.06. The van der Waals surface area contributed by atoms with Gasteiger partial charge in [-0.25, -0.2) is 9.97 Å². The highest BCUT2D eigenvalue weighted by Crippen LogP contribution is 2.31. The van der Waals surface area contributed by atoms with Crippen LogP contribution in [0.2, 0.25) is 5.15 Å². The van der Waals surface area contributed by atoms with E-state index < -0.39 is 0 Å². The Balaban J connectivity index is 2.05. The van der Waals surface area contributed by atoms with Gasteiger partial charge in [0.25, 0.3) is 0 Å². The molecule has 0 fully saturated rings. The van der Waals surface area contributed by atoms with E-state index >= 15 is 0 Å². The number of likely N-dealkylation sites (N-methyl/N-ethyl adjacent to an activating group) is 1. The summed E-state index contributed by atoms with van der Waals surface area (Å²) in [5, 5.41) is 0.477. The van der Waals surface area contributed by atoms with Crippen molar-refractivity contribution in [3.8, 4) is 11.4 Å². The molecular formula is C15H15ClIN3O. The van der Waals surface area contributed by atoms with E-state index in [0.717, 1.165) is 27.8 Å². The number of benzene rings is 1. The van der Waals surface area contributed by atoms with Crippen molar-refractivity contribution >= 4 is 39.9 Å². The number of hydrogen-bond acceptors (Lipinski definition) is 4. The Morgan fingerprint density at radius 3 is 2.95 bits per heavy atom. The number of ether oxygens (including phenoxy) is 1. The Hall–Kier alpha value is -0.920. The molecule has 2 heterocycles. The third-order valence-corrected chi connectivity index (χ3v) is 5.35. The van der Waals surface area contributed by atoms with Crippen molar-refractivity contribution < 1.29 is 4.74 Å². The van der Waals surface area contributed by atoms with Crippen molar-refractivity contribution in [1.29, 1.82) is 0 Å². The molecular weight excluding hydrogens is 401 g/mol. The van der Waals surface area contributed by atoms with Gasteiger partial charge in [-0.1, -0.05) is 11.6 Å². The first-order valence-corrected chi connectivity index (χ1v) is 8.11. The topological polar surface area (TPSA) is 38.2 Å². The molecule has 4 nitrogen and oxygen atoms in total. The fourth-order valence-corrected chi connectivity index (χ4v) is 3.12. The third kappa shape index (κ3) is 2.86. The molecule has 2 aromatic rings. The minimum atomic E-state index is 0.432. The lowest BCUT2D eigenvalue weighted by molar-refractivity contribution is 0.181. The molecule has 0 atom stereocenters. The Morgan fingerprint density at radius 2 is 2.19 bits per heavy atom. The number of halogens is 2. The Kier molecular flexibility index (Phi) is 4.33. The summed E-state index contributed by atoms with van der Waals surface area (Å²) in [6, 6.07) is 6.34. The number of anilines is 1. The van der Waals surface area contributed by atoms with Crippen LogP contribution in [0.4, 0.5) is 5.69 Å². The highest BCUT2D eigenvalue weighted by Gasteiger charge is 2.18. The fraction of sp³-hybridized carbons (Fsp3) is 0.333. The van der Waals surface area contributed by atoms with Gasteiger partial charge in [-0.15, -0.1) is 0 Å². The van der Waals surface area contributed by atoms with Gasteiger partial charge in [0.15, 0.2) is 5.82 Å². The number of hydrogen-bond donors (Lipinski definition) is 0. The molecule has 0 N–H and O–H groups in total. The second-order valence-corrected chi connectivity index (χ2v) is 6.48. The van der Waals surface area contributed by atoms with Crippen molar-refractivity contribution in [3.63, 3.8) is 0 Å². The van der Waals surface area contributed by atoms with Crippen LogP contribution in [0.15, 0.2) is 18.2 Å². The van der Waals surface area contributed by atoms with Gasteiger partial charge in [0.1, 0.15) is 5.15 Å². The summed E-state index contributed by atoms with van der Waals surface area (Å²) in [7, 11) is 3.76. The van der Waals surface area contributed by atoms with Crippen molar-refractivity contribution in [2.24, 2.45) is 0 Å². The second-order valence-electron chi connectivity index (χ2n) is 5.05. The number of aromatic nitrogens is 2. The van der Waals surface area contributed by atoms with Crippen LogP contribution < -0.4 is 4.90 Å². The van der Waals surface area contributed by atoms with E-state index in [2.05, 4.69) is 62.7 Å². The second kappa shape index (κ2) is 6.06. The van der Waals surface area contributed by atoms with Gasteiger partial charge < -0.3 is 9.64 Å². The molecule has 0 unspecified atom stereocenters. The van der Waals surface area contributed by atoms with Crippen LogP contribution in [-0.2, 0) is 17.8 Å². The van der Waals surface area contributed by atoms with E-state index in [1.54, 1.807) is 7.11 Å². The van der Waals surface area contributed by atoms with Crippen LogP contribution in [0.5, 0.6) is 0 Å². The summed E-state index contributed by atoms with van der Waals surface area (Å²) in [6.45, 7) is 1.49. The van der Waals surface area contributed by atoms with E-state index in [-0.39, 0.29) is 0 Å². The summed E-state index contributed by atoms with van der Waals surface area (Å²) in [5.41, 5.74) is 4.44. The quantitative estimate of drug-likeness (QED) is 0.568. The summed E-state index contributed by atoms with van der Waals surface area (Å²) in [4.78, 5) is 11.3. The van der Waals surface area contributed by atoms with Crippen LogP contribution in [0.3, 0.4) is 0 Å². The Labute approximate surface area is 142 Å². The highest BCUT2D eigenvalue weighted by molar-refractivity contribution is 14.1. The Morgan fingerprint density at radius 1 is 1.38 bits per heavy atom. The van der Waals surface area contributed by atoms with Gasteiger partial charge in [0, 0.05) is 32.0 Å². The van der Waals surface area contributed by atoms with Gasteiger partial charge in [0.2, 0.25) is 0 Å². The zero-order valence-corrected chi connectivity index (χ0v) is 14.8. The molecule has 1 aliphatic heterocycles. The lowest BCUT2D eigenvalue weighted by Crippen LogP contribution is -2.12. The molecule has 0 bridgehead atoms. The van der Waals surface area contributed by atoms with Crippen LogP contribution in [0.1, 0.15) is 11.3 Å². The Bertz CT molecular complexity index is 693. The third-order valence-electron chi connectivity index (χ3n) is 3.63. The molecule has 1 aromatic carbocycles. The van der Waals surface area contributed by atoms with Crippen LogP contribution in [0.25, 0.3) is 11.4 Å². The number of nitrogens with zero attached hydrogens (tertiary/aromatic N) is 3. The normalized spacial score (nSPS) is 13.6. The highest BCUT2D eigenvalue weighted by atomic mass is 127. The van der Waals surface area contributed by atoms with Gasteiger partial charge in [-0.05, 0) is 52.8 Å². The van der Waals surface area contributed by atoms with E-state index in [0.29, 0.717) is 17.6 Å². The molecule has 0 spiro atoms. The lowest BCUT2D eigenvalue weighted by Gasteiger charge is -2.12. The minimum absolute atomic E-state index is 0.432. The summed E-state index contributed by atoms with van der Waals surface area (Å²) in [5.74, 6) is 0.657. The molecule has 0 aliphatic carbocycles. The summed E-state index contributed by atoms with van der Waals surface area (Å²) < 4.78 is 6.03. The molecule has 21 heavy (non-hydrogen) atoms. The average molecular weight is 416 g/mol. The van der Waals surface area contributed by atoms with E-state index in [1.807, 2.05) is 0 Å². The molecule has 0 saturated carbocycles. The van der Waals surface area contributed by atoms with Crippen LogP contribution in [0, 0.1) is 3.57 Å². The molecule has 0 amide bonds. The molecule has 0 radical (unpaired) electrons. The van der Waals surface area contributed by atoms with Gasteiger partial charge in [-0.2, -0.15) is 0 Å². The number of methoxy groups -OCH3 is 1. The van der Waals surface area contributed by atoms with Crippen molar-refractivity contribution in [2.75, 3.05) is 25.6 Å². The first kappa shape index (κ1) is 15.0. The van der Waals surface area contributed by atoms with Crippen molar-refractivity contribution in [3.05, 3.63) is 38.2 Å². The van der Waals surface area contributed by atoms with Gasteiger partial charge in [0.05, 0.1) is 15.9 Å². The van der Waals surface area contributed by atoms with E-state index in [4.69, 9.17) is 16.3 Å². The lowest BCUT2D eigenvalue weighted by atomic mass is 10.1. The zero-order chi connectivity index (χ0) is 15.0. The maximum atomic E-state index is 6.22. The maximum absolute atomic E-state index is 6.22. The molecule has 0 saturated heterocycles. The zero-order valence-electron chi connectivity index (χ0n) is 11.9. The molecule has 110 valence electrons. The van der Waals surface area contributed by atoms with Gasteiger partial charge in [-0.3, -0.25) is 0 Å². The molecule has 1 aromatic heterocycles. The average Bonchev–Trinajstić information content (AvgIpc) is 2.85. The van der Waals surface area contributed by atoms with Gasteiger partial charge >= 0.3 is 0 Å². The number of rotatable bonds is 3. The fourth-order valence-electron chi connectivity index (χ4n) is 2.53. The predicted octanol–water partition coefficient (Wildman–Crippen LogP) is 3.54.